The van der Waals surface area contributed by atoms with Crippen molar-refractivity contribution in [2.45, 2.75) is 6.92 Å². The van der Waals surface area contributed by atoms with Gasteiger partial charge in [0, 0.05) is 5.69 Å². The number of nitrogens with one attached hydrogen (secondary N) is 1. The van der Waals surface area contributed by atoms with E-state index in [-0.39, 0.29) is 0 Å². The summed E-state index contributed by atoms with van der Waals surface area (Å²) in [7, 11) is 0. The predicted molar refractivity (Wildman–Crippen MR) is 71.7 cm³/mol. The lowest BCUT2D eigenvalue weighted by Crippen LogP contribution is -2.00. The number of rotatable bonds is 4. The van der Waals surface area contributed by atoms with Crippen LogP contribution >= 0.6 is 0 Å². The quantitative estimate of drug-likeness (QED) is 0.788. The third-order valence-corrected chi connectivity index (χ3v) is 2.42. The lowest BCUT2D eigenvalue weighted by Gasteiger charge is -2.12. The minimum atomic E-state index is 0.610. The molecule has 0 bridgehead atoms. The van der Waals surface area contributed by atoms with Crippen LogP contribution in [0.5, 0.6) is 5.75 Å². The fourth-order valence-electron chi connectivity index (χ4n) is 1.61. The third kappa shape index (κ3) is 2.69. The molecule has 0 aliphatic rings. The molecule has 0 aromatic heterocycles. The Labute approximate surface area is 101 Å². The molecule has 0 saturated carbocycles. The van der Waals surface area contributed by atoms with Gasteiger partial charge in [-0.2, -0.15) is 0 Å². The van der Waals surface area contributed by atoms with Crippen molar-refractivity contribution in [1.29, 1.82) is 0 Å². The molecule has 17 heavy (non-hydrogen) atoms. The molecule has 0 spiro atoms. The second-order valence-corrected chi connectivity index (χ2v) is 3.64. The van der Waals surface area contributed by atoms with Gasteiger partial charge in [-0.25, -0.2) is 0 Å². The Balaban J connectivity index is 2.24. The van der Waals surface area contributed by atoms with Crippen LogP contribution in [-0.4, -0.2) is 6.61 Å². The van der Waals surface area contributed by atoms with Gasteiger partial charge in [0.2, 0.25) is 0 Å². The second-order valence-electron chi connectivity index (χ2n) is 3.64. The molecule has 3 nitrogen and oxygen atoms in total. The van der Waals surface area contributed by atoms with Gasteiger partial charge in [-0.05, 0) is 31.2 Å². The van der Waals surface area contributed by atoms with Crippen molar-refractivity contribution in [3.8, 4) is 5.75 Å². The smallest absolute Gasteiger partial charge is 0.144 e. The molecular weight excluding hydrogens is 212 g/mol. The van der Waals surface area contributed by atoms with Crippen molar-refractivity contribution in [2.24, 2.45) is 0 Å². The van der Waals surface area contributed by atoms with E-state index in [1.807, 2.05) is 55.5 Å². The molecule has 0 radical (unpaired) electrons. The fraction of sp³-hybridized carbons (Fsp3) is 0.143. The van der Waals surface area contributed by atoms with Gasteiger partial charge in [-0.15, -0.1) is 0 Å². The summed E-state index contributed by atoms with van der Waals surface area (Å²) in [5.74, 6) is 0.716. The van der Waals surface area contributed by atoms with Crippen LogP contribution in [-0.2, 0) is 0 Å². The zero-order valence-electron chi connectivity index (χ0n) is 9.81. The molecule has 0 unspecified atom stereocenters. The fourth-order valence-corrected chi connectivity index (χ4v) is 1.61. The summed E-state index contributed by atoms with van der Waals surface area (Å²) >= 11 is 0. The molecule has 0 fully saturated rings. The van der Waals surface area contributed by atoms with Crippen LogP contribution < -0.4 is 15.8 Å². The van der Waals surface area contributed by atoms with Gasteiger partial charge in [0.05, 0.1) is 18.0 Å². The lowest BCUT2D eigenvalue weighted by molar-refractivity contribution is 0.342. The Kier molecular flexibility index (Phi) is 3.50. The van der Waals surface area contributed by atoms with Crippen molar-refractivity contribution in [3.63, 3.8) is 0 Å². The van der Waals surface area contributed by atoms with E-state index < -0.39 is 0 Å². The van der Waals surface area contributed by atoms with Crippen LogP contribution in [0.15, 0.2) is 48.5 Å². The maximum absolute atomic E-state index is 6.03. The Morgan fingerprint density at radius 1 is 1.06 bits per heavy atom. The highest BCUT2D eigenvalue weighted by Crippen LogP contribution is 2.31. The van der Waals surface area contributed by atoms with Crippen LogP contribution in [0.2, 0.25) is 0 Å². The van der Waals surface area contributed by atoms with Gasteiger partial charge < -0.3 is 15.8 Å². The molecule has 3 heteroatoms. The summed E-state index contributed by atoms with van der Waals surface area (Å²) in [6, 6.07) is 15.6. The molecule has 0 saturated heterocycles. The topological polar surface area (TPSA) is 47.3 Å². The Hall–Kier alpha value is -2.16. The van der Waals surface area contributed by atoms with E-state index >= 15 is 0 Å². The summed E-state index contributed by atoms with van der Waals surface area (Å²) in [6.07, 6.45) is 0. The van der Waals surface area contributed by atoms with E-state index in [9.17, 15) is 0 Å². The third-order valence-electron chi connectivity index (χ3n) is 2.42. The number of ether oxygens (including phenoxy) is 1. The largest absolute Gasteiger partial charge is 0.492 e. The number of hydrogen-bond donors (Lipinski definition) is 2. The summed E-state index contributed by atoms with van der Waals surface area (Å²) in [6.45, 7) is 2.55. The number of benzene rings is 2. The summed E-state index contributed by atoms with van der Waals surface area (Å²) in [5.41, 5.74) is 8.54. The van der Waals surface area contributed by atoms with Gasteiger partial charge >= 0.3 is 0 Å². The molecule has 88 valence electrons. The van der Waals surface area contributed by atoms with Gasteiger partial charge in [0.15, 0.2) is 0 Å². The van der Waals surface area contributed by atoms with Crippen molar-refractivity contribution in [1.82, 2.24) is 0 Å². The highest BCUT2D eigenvalue weighted by Gasteiger charge is 2.05. The maximum Gasteiger partial charge on any atom is 0.144 e. The van der Waals surface area contributed by atoms with Crippen LogP contribution in [0.25, 0.3) is 0 Å². The average Bonchev–Trinajstić information content (AvgIpc) is 2.36. The SMILES string of the molecule is CCOc1cccc(Nc2ccccc2)c1N. The Morgan fingerprint density at radius 3 is 2.53 bits per heavy atom. The molecule has 0 aliphatic heterocycles. The van der Waals surface area contributed by atoms with Crippen LogP contribution in [0.3, 0.4) is 0 Å². The average molecular weight is 228 g/mol. The number of nitrogen functional groups attached to an aromatic ring is 1. The number of para-hydroxylation sites is 2. The molecule has 0 atom stereocenters. The first kappa shape index (κ1) is 11.3. The molecule has 2 aromatic carbocycles. The van der Waals surface area contributed by atoms with Crippen molar-refractivity contribution in [3.05, 3.63) is 48.5 Å². The molecule has 2 aromatic rings. The summed E-state index contributed by atoms with van der Waals surface area (Å²) in [4.78, 5) is 0. The highest BCUT2D eigenvalue weighted by molar-refractivity contribution is 5.77. The Bertz CT molecular complexity index is 483. The van der Waals surface area contributed by atoms with Crippen molar-refractivity contribution in [2.75, 3.05) is 17.7 Å². The van der Waals surface area contributed by atoms with Gasteiger partial charge in [-0.1, -0.05) is 24.3 Å². The predicted octanol–water partition coefficient (Wildman–Crippen LogP) is 3.41. The maximum atomic E-state index is 6.03. The summed E-state index contributed by atoms with van der Waals surface area (Å²) < 4.78 is 5.45. The van der Waals surface area contributed by atoms with E-state index in [0.717, 1.165) is 11.4 Å². The standard InChI is InChI=1S/C14H16N2O/c1-2-17-13-10-6-9-12(14(13)15)16-11-7-4-3-5-8-11/h3-10,16H,2,15H2,1H3. The van der Waals surface area contributed by atoms with Crippen LogP contribution in [0, 0.1) is 0 Å². The summed E-state index contributed by atoms with van der Waals surface area (Å²) in [5, 5.41) is 3.27. The van der Waals surface area contributed by atoms with Crippen LogP contribution in [0.1, 0.15) is 6.92 Å². The zero-order chi connectivity index (χ0) is 12.1. The lowest BCUT2D eigenvalue weighted by atomic mass is 10.2. The molecule has 2 rings (SSSR count). The second kappa shape index (κ2) is 5.25. The molecule has 0 amide bonds. The van der Waals surface area contributed by atoms with Gasteiger partial charge in [0.1, 0.15) is 5.75 Å². The first-order valence-electron chi connectivity index (χ1n) is 5.64. The van der Waals surface area contributed by atoms with Crippen LogP contribution in [0.4, 0.5) is 17.1 Å². The van der Waals surface area contributed by atoms with E-state index in [2.05, 4.69) is 5.32 Å². The molecule has 0 aliphatic carbocycles. The zero-order valence-corrected chi connectivity index (χ0v) is 9.81. The van der Waals surface area contributed by atoms with Crippen molar-refractivity contribution >= 4 is 17.1 Å². The first-order chi connectivity index (χ1) is 8.31. The van der Waals surface area contributed by atoms with E-state index in [1.165, 1.54) is 0 Å². The molecular formula is C14H16N2O. The molecule has 0 heterocycles. The normalized spacial score (nSPS) is 9.94. The van der Waals surface area contributed by atoms with Gasteiger partial charge in [-0.3, -0.25) is 0 Å². The van der Waals surface area contributed by atoms with E-state index in [1.54, 1.807) is 0 Å². The minimum Gasteiger partial charge on any atom is -0.492 e. The number of anilines is 3. The van der Waals surface area contributed by atoms with Crippen molar-refractivity contribution < 1.29 is 4.74 Å². The van der Waals surface area contributed by atoms with E-state index in [4.69, 9.17) is 10.5 Å². The number of nitrogens with two attached hydrogens (primary N) is 1. The monoisotopic (exact) mass is 228 g/mol. The van der Waals surface area contributed by atoms with E-state index in [0.29, 0.717) is 18.0 Å². The highest BCUT2D eigenvalue weighted by atomic mass is 16.5. The first-order valence-corrected chi connectivity index (χ1v) is 5.64. The number of hydrogen-bond acceptors (Lipinski definition) is 3. The minimum absolute atomic E-state index is 0.610. The van der Waals surface area contributed by atoms with Gasteiger partial charge in [0.25, 0.3) is 0 Å². The Morgan fingerprint density at radius 2 is 1.82 bits per heavy atom. The molecule has 3 N–H and O–H groups in total.